The van der Waals surface area contributed by atoms with Crippen molar-refractivity contribution in [1.29, 1.82) is 0 Å². The molecule has 7 heteroatoms. The Labute approximate surface area is 144 Å². The molecule has 0 radical (unpaired) electrons. The number of hydrogen-bond donors (Lipinski definition) is 2. The quantitative estimate of drug-likeness (QED) is 0.590. The van der Waals surface area contributed by atoms with Crippen molar-refractivity contribution < 1.29 is 4.79 Å². The molecule has 0 aliphatic carbocycles. The molecule has 0 bridgehead atoms. The molecule has 1 saturated heterocycles. The first-order valence-corrected chi connectivity index (χ1v) is 9.23. The van der Waals surface area contributed by atoms with Crippen molar-refractivity contribution in [3.63, 3.8) is 0 Å². The van der Waals surface area contributed by atoms with Gasteiger partial charge in [0, 0.05) is 63.0 Å². The maximum absolute atomic E-state index is 12.6. The molecule has 0 saturated carbocycles. The van der Waals surface area contributed by atoms with Crippen LogP contribution in [-0.2, 0) is 4.79 Å². The number of carbonyl (C=O) groups is 1. The Morgan fingerprint density at radius 1 is 1.54 bits per heavy atom. The van der Waals surface area contributed by atoms with E-state index in [1.807, 2.05) is 11.1 Å². The number of nitrogens with zero attached hydrogens (tertiary/aromatic N) is 3. The molecular formula is C17H24N5OP. The average Bonchev–Trinajstić information content (AvgIpc) is 2.59. The van der Waals surface area contributed by atoms with Crippen LogP contribution in [0.4, 0.5) is 0 Å². The van der Waals surface area contributed by atoms with Crippen LogP contribution in [0.2, 0.25) is 0 Å². The molecule has 0 aromatic rings. The van der Waals surface area contributed by atoms with Crippen LogP contribution in [-0.4, -0.2) is 60.4 Å². The van der Waals surface area contributed by atoms with E-state index in [1.54, 1.807) is 19.3 Å². The van der Waals surface area contributed by atoms with E-state index in [2.05, 4.69) is 34.3 Å². The van der Waals surface area contributed by atoms with Crippen molar-refractivity contribution in [2.45, 2.75) is 18.7 Å². The van der Waals surface area contributed by atoms with Crippen LogP contribution in [0, 0.1) is 0 Å². The number of amides is 1. The van der Waals surface area contributed by atoms with Crippen LogP contribution < -0.4 is 11.1 Å². The van der Waals surface area contributed by atoms with Gasteiger partial charge in [0.15, 0.2) is 0 Å². The third-order valence-corrected chi connectivity index (χ3v) is 5.85. The Morgan fingerprint density at radius 2 is 2.38 bits per heavy atom. The number of rotatable bonds is 3. The highest BCUT2D eigenvalue weighted by atomic mass is 31.1. The molecule has 6 nitrogen and oxygen atoms in total. The van der Waals surface area contributed by atoms with Gasteiger partial charge in [0.25, 0.3) is 5.91 Å². The van der Waals surface area contributed by atoms with E-state index < -0.39 is 0 Å². The number of nitrogens with one attached hydrogen (secondary N) is 1. The highest BCUT2D eigenvalue weighted by molar-refractivity contribution is 7.45. The van der Waals surface area contributed by atoms with E-state index in [4.69, 9.17) is 5.73 Å². The van der Waals surface area contributed by atoms with E-state index in [-0.39, 0.29) is 11.7 Å². The van der Waals surface area contributed by atoms with Crippen LogP contribution in [0.1, 0.15) is 6.92 Å². The van der Waals surface area contributed by atoms with Crippen molar-refractivity contribution in [2.24, 2.45) is 10.7 Å². The number of nitrogens with two attached hydrogens (primary N) is 1. The molecule has 24 heavy (non-hydrogen) atoms. The smallest absolute Gasteiger partial charge is 0.252 e. The molecule has 1 fully saturated rings. The molecule has 2 unspecified atom stereocenters. The summed E-state index contributed by atoms with van der Waals surface area (Å²) < 4.78 is 0. The molecule has 3 rings (SSSR count). The minimum atomic E-state index is 0.00244. The normalized spacial score (nSPS) is 29.1. The Hall–Kier alpha value is -1.91. The lowest BCUT2D eigenvalue weighted by Gasteiger charge is -2.39. The van der Waals surface area contributed by atoms with Crippen molar-refractivity contribution >= 4 is 20.7 Å². The zero-order valence-corrected chi connectivity index (χ0v) is 15.1. The topological polar surface area (TPSA) is 74.0 Å². The largest absolute Gasteiger partial charge is 0.404 e. The standard InChI is InChI=1S/C17H24N5OP/c1-12-10-21(6-5-20-12)14-3-4-17-22(11-14)16(23)7-15(24-17)13(8-18)9-19-2/h3-4,7-9,11-12,17,20,24H,5-6,10,18H2,1-2H3/t12-,17?/m0/s1. The average molecular weight is 345 g/mol. The number of piperazine rings is 1. The van der Waals surface area contributed by atoms with Gasteiger partial charge in [-0.2, -0.15) is 0 Å². The zero-order chi connectivity index (χ0) is 17.1. The SMILES string of the molecule is CN=CC(=CN)C1=CC(=O)N2C=C(N3CCN[C@@H](C)C3)C=CC2P1. The summed E-state index contributed by atoms with van der Waals surface area (Å²) in [6, 6.07) is 0.460. The first kappa shape index (κ1) is 16.9. The number of fused-ring (bicyclic) bond motifs is 1. The molecule has 0 aromatic carbocycles. The van der Waals surface area contributed by atoms with Gasteiger partial charge in [-0.05, 0) is 18.3 Å². The van der Waals surface area contributed by atoms with Gasteiger partial charge in [0.1, 0.15) is 0 Å². The predicted octanol–water partition coefficient (Wildman–Crippen LogP) is 0.965. The molecule has 1 amide bonds. The van der Waals surface area contributed by atoms with Crippen molar-refractivity contribution in [2.75, 3.05) is 26.7 Å². The molecular weight excluding hydrogens is 321 g/mol. The van der Waals surface area contributed by atoms with E-state index in [9.17, 15) is 4.79 Å². The predicted molar refractivity (Wildman–Crippen MR) is 100.0 cm³/mol. The number of allylic oxidation sites excluding steroid dienone is 3. The molecule has 3 atom stereocenters. The molecule has 3 N–H and O–H groups in total. The van der Waals surface area contributed by atoms with E-state index in [1.165, 1.54) is 6.20 Å². The second-order valence-electron chi connectivity index (χ2n) is 6.12. The highest BCUT2D eigenvalue weighted by Crippen LogP contribution is 2.42. The first-order chi connectivity index (χ1) is 11.6. The summed E-state index contributed by atoms with van der Waals surface area (Å²) in [5.41, 5.74) is 7.61. The molecule has 3 aliphatic heterocycles. The number of aliphatic imine (C=N–C) groups is 1. The number of carbonyl (C=O) groups excluding carboxylic acids is 1. The first-order valence-electron chi connectivity index (χ1n) is 8.15. The van der Waals surface area contributed by atoms with Gasteiger partial charge in [0.05, 0.1) is 11.5 Å². The molecule has 0 spiro atoms. The van der Waals surface area contributed by atoms with E-state index >= 15 is 0 Å². The highest BCUT2D eigenvalue weighted by Gasteiger charge is 2.30. The second kappa shape index (κ2) is 7.32. The maximum atomic E-state index is 12.6. The summed E-state index contributed by atoms with van der Waals surface area (Å²) in [6.45, 7) is 5.07. The Balaban J connectivity index is 1.80. The van der Waals surface area contributed by atoms with E-state index in [0.717, 1.165) is 36.2 Å². The third kappa shape index (κ3) is 3.45. The van der Waals surface area contributed by atoms with Crippen LogP contribution in [0.25, 0.3) is 0 Å². The van der Waals surface area contributed by atoms with Crippen molar-refractivity contribution in [3.05, 3.63) is 47.2 Å². The summed E-state index contributed by atoms with van der Waals surface area (Å²) in [6.07, 6.45) is 11.2. The third-order valence-electron chi connectivity index (χ3n) is 4.34. The van der Waals surface area contributed by atoms with Crippen LogP contribution >= 0.6 is 8.58 Å². The van der Waals surface area contributed by atoms with Crippen LogP contribution in [0.3, 0.4) is 0 Å². The van der Waals surface area contributed by atoms with Crippen molar-refractivity contribution in [1.82, 2.24) is 15.1 Å². The zero-order valence-electron chi connectivity index (χ0n) is 14.1. The van der Waals surface area contributed by atoms with Crippen molar-refractivity contribution in [3.8, 4) is 0 Å². The Morgan fingerprint density at radius 3 is 3.08 bits per heavy atom. The minimum Gasteiger partial charge on any atom is -0.404 e. The van der Waals surface area contributed by atoms with Gasteiger partial charge >= 0.3 is 0 Å². The fourth-order valence-corrected chi connectivity index (χ4v) is 4.50. The van der Waals surface area contributed by atoms with Gasteiger partial charge < -0.3 is 20.9 Å². The molecule has 128 valence electrons. The lowest BCUT2D eigenvalue weighted by Crippen LogP contribution is -2.49. The Bertz CT molecular complexity index is 664. The van der Waals surface area contributed by atoms with Crippen LogP contribution in [0.15, 0.2) is 52.2 Å². The molecule has 3 aliphatic rings. The van der Waals surface area contributed by atoms with E-state index in [0.29, 0.717) is 14.6 Å². The van der Waals surface area contributed by atoms with Gasteiger partial charge in [-0.15, -0.1) is 0 Å². The van der Waals surface area contributed by atoms with Gasteiger partial charge in [0.2, 0.25) is 0 Å². The fraction of sp³-hybridized carbons (Fsp3) is 0.412. The second-order valence-corrected chi connectivity index (χ2v) is 7.54. The summed E-state index contributed by atoms with van der Waals surface area (Å²) in [7, 11) is 2.17. The molecule has 3 heterocycles. The lowest BCUT2D eigenvalue weighted by molar-refractivity contribution is -0.124. The van der Waals surface area contributed by atoms with Gasteiger partial charge in [-0.1, -0.05) is 14.7 Å². The minimum absolute atomic E-state index is 0.00244. The Kier molecular flexibility index (Phi) is 5.17. The summed E-state index contributed by atoms with van der Waals surface area (Å²) >= 11 is 0. The van der Waals surface area contributed by atoms with Gasteiger partial charge in [-0.3, -0.25) is 9.79 Å². The monoisotopic (exact) mass is 345 g/mol. The maximum Gasteiger partial charge on any atom is 0.252 e. The molecule has 0 aromatic heterocycles. The summed E-state index contributed by atoms with van der Waals surface area (Å²) in [5, 5.41) is 4.41. The lowest BCUT2D eigenvalue weighted by atomic mass is 10.2. The number of hydrogen-bond acceptors (Lipinski definition) is 5. The van der Waals surface area contributed by atoms with Gasteiger partial charge in [-0.25, -0.2) is 0 Å². The van der Waals surface area contributed by atoms with Crippen LogP contribution in [0.5, 0.6) is 0 Å². The fourth-order valence-electron chi connectivity index (χ4n) is 3.13. The summed E-state index contributed by atoms with van der Waals surface area (Å²) in [4.78, 5) is 20.8. The summed E-state index contributed by atoms with van der Waals surface area (Å²) in [5.74, 6) is 0.0735.